The first kappa shape index (κ1) is 19.1. The molecule has 2 aromatic rings. The molecule has 0 radical (unpaired) electrons. The molecule has 3 N–H and O–H groups in total. The van der Waals surface area contributed by atoms with Gasteiger partial charge in [0.2, 0.25) is 0 Å². The number of nitrogen functional groups attached to an aromatic ring is 1. The molecule has 0 aliphatic heterocycles. The van der Waals surface area contributed by atoms with Crippen molar-refractivity contribution in [2.24, 2.45) is 0 Å². The highest BCUT2D eigenvalue weighted by atomic mass is 19.3. The summed E-state index contributed by atoms with van der Waals surface area (Å²) in [5, 5.41) is 13.6. The number of nitrogens with zero attached hydrogens (tertiary/aromatic N) is 1. The van der Waals surface area contributed by atoms with Crippen LogP contribution in [0.4, 0.5) is 20.2 Å². The number of rotatable bonds is 7. The predicted octanol–water partition coefficient (Wildman–Crippen LogP) is 3.66. The summed E-state index contributed by atoms with van der Waals surface area (Å²) in [5.41, 5.74) is 5.49. The highest BCUT2D eigenvalue weighted by molar-refractivity contribution is 5.95. The van der Waals surface area contributed by atoms with Crippen molar-refractivity contribution in [1.82, 2.24) is 5.32 Å². The van der Waals surface area contributed by atoms with Gasteiger partial charge in [0.1, 0.15) is 11.4 Å². The van der Waals surface area contributed by atoms with Gasteiger partial charge in [-0.1, -0.05) is 25.1 Å². The second-order valence-electron chi connectivity index (χ2n) is 5.38. The second kappa shape index (κ2) is 8.24. The molecule has 2 aromatic carbocycles. The number of nitro groups is 1. The smallest absolute Gasteiger partial charge is 0.387 e. The lowest BCUT2D eigenvalue weighted by Crippen LogP contribution is -2.28. The molecule has 138 valence electrons. The van der Waals surface area contributed by atoms with E-state index >= 15 is 0 Å². The maximum absolute atomic E-state index is 12.6. The van der Waals surface area contributed by atoms with Crippen molar-refractivity contribution in [3.8, 4) is 5.75 Å². The predicted molar refractivity (Wildman–Crippen MR) is 91.1 cm³/mol. The minimum atomic E-state index is -3.00. The summed E-state index contributed by atoms with van der Waals surface area (Å²) in [7, 11) is 0. The molecule has 1 amide bonds. The molecular formula is C17H17F2N3O4. The van der Waals surface area contributed by atoms with Crippen LogP contribution in [0.3, 0.4) is 0 Å². The van der Waals surface area contributed by atoms with Gasteiger partial charge in [0, 0.05) is 17.2 Å². The average molecular weight is 365 g/mol. The monoisotopic (exact) mass is 365 g/mol. The lowest BCUT2D eigenvalue weighted by atomic mass is 10.0. The number of nitrogens with two attached hydrogens (primary N) is 1. The van der Waals surface area contributed by atoms with Crippen molar-refractivity contribution in [2.45, 2.75) is 26.0 Å². The fourth-order valence-electron chi connectivity index (χ4n) is 2.46. The number of halogens is 2. The minimum Gasteiger partial charge on any atom is -0.434 e. The maximum atomic E-state index is 12.6. The Labute approximate surface area is 147 Å². The van der Waals surface area contributed by atoms with Crippen LogP contribution >= 0.6 is 0 Å². The average Bonchev–Trinajstić information content (AvgIpc) is 2.59. The van der Waals surface area contributed by atoms with Gasteiger partial charge in [0.05, 0.1) is 11.0 Å². The first-order chi connectivity index (χ1) is 12.3. The van der Waals surface area contributed by atoms with E-state index in [1.165, 1.54) is 18.2 Å². The number of hydrogen-bond donors (Lipinski definition) is 2. The van der Waals surface area contributed by atoms with Gasteiger partial charge in [-0.2, -0.15) is 8.78 Å². The molecule has 0 saturated carbocycles. The SMILES string of the molecule is CCC(NC(=O)c1ccc(N)c([N+](=O)[O-])c1)c1ccccc1OC(F)F. The van der Waals surface area contributed by atoms with E-state index in [2.05, 4.69) is 10.1 Å². The second-order valence-corrected chi connectivity index (χ2v) is 5.38. The van der Waals surface area contributed by atoms with Crippen LogP contribution in [0.5, 0.6) is 5.75 Å². The third kappa shape index (κ3) is 4.44. The number of nitro benzene ring substituents is 1. The number of carbonyl (C=O) groups excluding carboxylic acids is 1. The van der Waals surface area contributed by atoms with Crippen LogP contribution in [0.2, 0.25) is 0 Å². The molecule has 0 saturated heterocycles. The van der Waals surface area contributed by atoms with Crippen LogP contribution < -0.4 is 15.8 Å². The zero-order valence-corrected chi connectivity index (χ0v) is 13.8. The zero-order chi connectivity index (χ0) is 19.3. The molecule has 0 aliphatic carbocycles. The summed E-state index contributed by atoms with van der Waals surface area (Å²) < 4.78 is 29.6. The van der Waals surface area contributed by atoms with Gasteiger partial charge in [0.25, 0.3) is 11.6 Å². The third-order valence-corrected chi connectivity index (χ3v) is 3.71. The van der Waals surface area contributed by atoms with E-state index in [1.54, 1.807) is 25.1 Å². The van der Waals surface area contributed by atoms with Crippen LogP contribution in [-0.4, -0.2) is 17.4 Å². The summed E-state index contributed by atoms with van der Waals surface area (Å²) in [6.07, 6.45) is 0.395. The van der Waals surface area contributed by atoms with Crippen LogP contribution in [-0.2, 0) is 0 Å². The van der Waals surface area contributed by atoms with E-state index in [0.717, 1.165) is 6.07 Å². The highest BCUT2D eigenvalue weighted by Gasteiger charge is 2.21. The van der Waals surface area contributed by atoms with E-state index in [1.807, 2.05) is 0 Å². The summed E-state index contributed by atoms with van der Waals surface area (Å²) in [4.78, 5) is 22.7. The molecule has 9 heteroatoms. The van der Waals surface area contributed by atoms with E-state index in [0.29, 0.717) is 12.0 Å². The molecule has 0 fully saturated rings. The van der Waals surface area contributed by atoms with Gasteiger partial charge >= 0.3 is 6.61 Å². The van der Waals surface area contributed by atoms with Gasteiger partial charge in [-0.25, -0.2) is 0 Å². The fraction of sp³-hybridized carbons (Fsp3) is 0.235. The van der Waals surface area contributed by atoms with Gasteiger partial charge in [-0.3, -0.25) is 14.9 Å². The molecule has 0 aromatic heterocycles. The van der Waals surface area contributed by atoms with E-state index in [-0.39, 0.29) is 22.7 Å². The van der Waals surface area contributed by atoms with Gasteiger partial charge in [-0.15, -0.1) is 0 Å². The van der Waals surface area contributed by atoms with Gasteiger partial charge in [-0.05, 0) is 24.6 Å². The lowest BCUT2D eigenvalue weighted by Gasteiger charge is -2.20. The number of alkyl halides is 2. The number of amides is 1. The Hall–Kier alpha value is -3.23. The summed E-state index contributed by atoms with van der Waals surface area (Å²) in [6.45, 7) is -1.24. The number of benzene rings is 2. The summed E-state index contributed by atoms with van der Waals surface area (Å²) >= 11 is 0. The number of nitrogens with one attached hydrogen (secondary N) is 1. The Balaban J connectivity index is 2.27. The van der Waals surface area contributed by atoms with E-state index < -0.39 is 23.5 Å². The number of ether oxygens (including phenoxy) is 1. The van der Waals surface area contributed by atoms with Crippen LogP contribution in [0.15, 0.2) is 42.5 Å². The Bertz CT molecular complexity index is 814. The van der Waals surface area contributed by atoms with Crippen molar-refractivity contribution < 1.29 is 23.2 Å². The molecule has 0 spiro atoms. The Morgan fingerprint density at radius 1 is 1.31 bits per heavy atom. The van der Waals surface area contributed by atoms with Crippen LogP contribution in [0.25, 0.3) is 0 Å². The fourth-order valence-corrected chi connectivity index (χ4v) is 2.46. The van der Waals surface area contributed by atoms with Gasteiger partial charge < -0.3 is 15.8 Å². The quantitative estimate of drug-likeness (QED) is 0.442. The number of hydrogen-bond acceptors (Lipinski definition) is 5. The van der Waals surface area contributed by atoms with Crippen molar-refractivity contribution in [1.29, 1.82) is 0 Å². The Kier molecular flexibility index (Phi) is 6.05. The molecule has 2 rings (SSSR count). The number of para-hydroxylation sites is 1. The first-order valence-corrected chi connectivity index (χ1v) is 7.72. The van der Waals surface area contributed by atoms with E-state index in [4.69, 9.17) is 5.73 Å². The first-order valence-electron chi connectivity index (χ1n) is 7.72. The van der Waals surface area contributed by atoms with E-state index in [9.17, 15) is 23.7 Å². The normalized spacial score (nSPS) is 11.8. The highest BCUT2D eigenvalue weighted by Crippen LogP contribution is 2.29. The summed E-state index contributed by atoms with van der Waals surface area (Å²) in [6, 6.07) is 9.19. The third-order valence-electron chi connectivity index (χ3n) is 3.71. The largest absolute Gasteiger partial charge is 0.434 e. The molecular weight excluding hydrogens is 348 g/mol. The molecule has 1 unspecified atom stereocenters. The number of anilines is 1. The standard InChI is InChI=1S/C17H17F2N3O4/c1-2-13(11-5-3-4-6-15(11)26-17(18)19)21-16(23)10-7-8-12(20)14(9-10)22(24)25/h3-9,13,17H,2,20H2,1H3,(H,21,23). The van der Waals surface area contributed by atoms with Crippen molar-refractivity contribution in [3.05, 3.63) is 63.7 Å². The zero-order valence-electron chi connectivity index (χ0n) is 13.8. The summed E-state index contributed by atoms with van der Waals surface area (Å²) in [5.74, 6) is -0.635. The number of carbonyl (C=O) groups is 1. The molecule has 26 heavy (non-hydrogen) atoms. The topological polar surface area (TPSA) is 107 Å². The Morgan fingerprint density at radius 3 is 2.62 bits per heavy atom. The lowest BCUT2D eigenvalue weighted by molar-refractivity contribution is -0.383. The molecule has 0 heterocycles. The van der Waals surface area contributed by atoms with Crippen LogP contribution in [0, 0.1) is 10.1 Å². The van der Waals surface area contributed by atoms with Crippen molar-refractivity contribution in [3.63, 3.8) is 0 Å². The van der Waals surface area contributed by atoms with Crippen molar-refractivity contribution >= 4 is 17.3 Å². The van der Waals surface area contributed by atoms with Crippen LogP contribution in [0.1, 0.15) is 35.3 Å². The maximum Gasteiger partial charge on any atom is 0.387 e. The van der Waals surface area contributed by atoms with Crippen molar-refractivity contribution in [2.75, 3.05) is 5.73 Å². The molecule has 0 aliphatic rings. The Morgan fingerprint density at radius 2 is 2.00 bits per heavy atom. The van der Waals surface area contributed by atoms with Gasteiger partial charge in [0.15, 0.2) is 0 Å². The minimum absolute atomic E-state index is 0.0385. The molecule has 0 bridgehead atoms. The molecule has 1 atom stereocenters. The molecule has 7 nitrogen and oxygen atoms in total.